The first-order chi connectivity index (χ1) is 17.1. The van der Waals surface area contributed by atoms with Gasteiger partial charge in [0.25, 0.3) is 0 Å². The molecule has 0 fully saturated rings. The van der Waals surface area contributed by atoms with Gasteiger partial charge in [-0.2, -0.15) is 0 Å². The van der Waals surface area contributed by atoms with Gasteiger partial charge in [0.15, 0.2) is 11.5 Å². The number of fused-ring (bicyclic) bond motifs is 1. The van der Waals surface area contributed by atoms with Gasteiger partial charge in [-0.15, -0.1) is 0 Å². The van der Waals surface area contributed by atoms with Crippen LogP contribution in [0.2, 0.25) is 0 Å². The third kappa shape index (κ3) is 5.97. The van der Waals surface area contributed by atoms with Gasteiger partial charge < -0.3 is 18.8 Å². The Hall–Kier alpha value is -3.47. The number of nitrogens with zero attached hydrogens (tertiary/aromatic N) is 2. The molecule has 35 heavy (non-hydrogen) atoms. The molecule has 1 unspecified atom stereocenters. The van der Waals surface area contributed by atoms with E-state index < -0.39 is 0 Å². The molecule has 0 spiro atoms. The number of unbranched alkanes of at least 4 members (excludes halogenated alkanes) is 1. The molecule has 5 heteroatoms. The molecule has 0 bridgehead atoms. The number of imidazole rings is 1. The number of hydrogen-bond donors (Lipinski definition) is 0. The summed E-state index contributed by atoms with van der Waals surface area (Å²) in [7, 11) is 3.32. The lowest BCUT2D eigenvalue weighted by molar-refractivity contribution is 0.303. The molecule has 4 rings (SSSR count). The normalized spacial score (nSPS) is 12.0. The zero-order valence-electron chi connectivity index (χ0n) is 21.3. The zero-order chi connectivity index (χ0) is 24.6. The number of rotatable bonds is 12. The van der Waals surface area contributed by atoms with Gasteiger partial charge in [0.2, 0.25) is 0 Å². The van der Waals surface area contributed by atoms with Crippen LogP contribution in [0.3, 0.4) is 0 Å². The van der Waals surface area contributed by atoms with Crippen LogP contribution in [-0.4, -0.2) is 30.4 Å². The van der Waals surface area contributed by atoms with E-state index in [9.17, 15) is 0 Å². The summed E-state index contributed by atoms with van der Waals surface area (Å²) in [6.45, 7) is 6.09. The number of para-hydroxylation sites is 2. The van der Waals surface area contributed by atoms with E-state index in [0.717, 1.165) is 66.4 Å². The molecule has 3 aromatic carbocycles. The molecule has 0 saturated heterocycles. The fourth-order valence-electron chi connectivity index (χ4n) is 4.37. The summed E-state index contributed by atoms with van der Waals surface area (Å²) in [5.74, 6) is 4.06. The average molecular weight is 473 g/mol. The van der Waals surface area contributed by atoms with Crippen molar-refractivity contribution < 1.29 is 14.2 Å². The SMILES string of the molecule is CCC(C)c1ccc(OCCCCn2c(Cc3ccc(OC)c(OC)c3)nc3ccccc32)cc1. The molecule has 0 aliphatic heterocycles. The van der Waals surface area contributed by atoms with Crippen molar-refractivity contribution in [1.29, 1.82) is 0 Å². The molecule has 0 amide bonds. The van der Waals surface area contributed by atoms with Crippen molar-refractivity contribution in [2.24, 2.45) is 0 Å². The minimum atomic E-state index is 0.585. The van der Waals surface area contributed by atoms with Crippen LogP contribution in [0.15, 0.2) is 66.7 Å². The van der Waals surface area contributed by atoms with Gasteiger partial charge in [-0.25, -0.2) is 4.98 Å². The Morgan fingerprint density at radius 2 is 1.66 bits per heavy atom. The van der Waals surface area contributed by atoms with E-state index in [1.807, 2.05) is 18.2 Å². The number of ether oxygens (including phenoxy) is 3. The molecule has 0 saturated carbocycles. The number of hydrogen-bond acceptors (Lipinski definition) is 4. The minimum absolute atomic E-state index is 0.585. The monoisotopic (exact) mass is 472 g/mol. The lowest BCUT2D eigenvalue weighted by Gasteiger charge is -2.12. The Balaban J connectivity index is 1.39. The van der Waals surface area contributed by atoms with Gasteiger partial charge in [0, 0.05) is 13.0 Å². The van der Waals surface area contributed by atoms with Gasteiger partial charge in [0.1, 0.15) is 11.6 Å². The van der Waals surface area contributed by atoms with Crippen molar-refractivity contribution >= 4 is 11.0 Å². The van der Waals surface area contributed by atoms with Gasteiger partial charge in [-0.3, -0.25) is 0 Å². The fourth-order valence-corrected chi connectivity index (χ4v) is 4.37. The summed E-state index contributed by atoms with van der Waals surface area (Å²) in [6.07, 6.45) is 3.88. The molecule has 0 N–H and O–H groups in total. The van der Waals surface area contributed by atoms with E-state index in [4.69, 9.17) is 19.2 Å². The maximum atomic E-state index is 6.00. The minimum Gasteiger partial charge on any atom is -0.494 e. The zero-order valence-corrected chi connectivity index (χ0v) is 21.3. The Labute approximate surface area is 208 Å². The van der Waals surface area contributed by atoms with Crippen LogP contribution in [0.5, 0.6) is 17.2 Å². The fraction of sp³-hybridized carbons (Fsp3) is 0.367. The van der Waals surface area contributed by atoms with Crippen molar-refractivity contribution in [3.05, 3.63) is 83.7 Å². The summed E-state index contributed by atoms with van der Waals surface area (Å²) in [5.41, 5.74) is 4.71. The molecule has 1 atom stereocenters. The molecule has 1 heterocycles. The molecule has 0 aliphatic rings. The van der Waals surface area contributed by atoms with Crippen LogP contribution < -0.4 is 14.2 Å². The molecular weight excluding hydrogens is 436 g/mol. The van der Waals surface area contributed by atoms with E-state index in [1.165, 1.54) is 11.1 Å². The van der Waals surface area contributed by atoms with E-state index >= 15 is 0 Å². The third-order valence-corrected chi connectivity index (χ3v) is 6.65. The van der Waals surface area contributed by atoms with Gasteiger partial charge in [-0.1, -0.05) is 44.2 Å². The van der Waals surface area contributed by atoms with E-state index in [2.05, 4.69) is 66.9 Å². The van der Waals surface area contributed by atoms with Crippen LogP contribution in [0.1, 0.15) is 56.0 Å². The average Bonchev–Trinajstić information content (AvgIpc) is 3.25. The number of methoxy groups -OCH3 is 2. The van der Waals surface area contributed by atoms with Crippen LogP contribution >= 0.6 is 0 Å². The quantitative estimate of drug-likeness (QED) is 0.208. The molecular formula is C30H36N2O3. The number of aromatic nitrogens is 2. The summed E-state index contributed by atoms with van der Waals surface area (Å²) < 4.78 is 19.2. The molecule has 184 valence electrons. The topological polar surface area (TPSA) is 45.5 Å². The van der Waals surface area contributed by atoms with Crippen LogP contribution in [0, 0.1) is 0 Å². The molecule has 0 aliphatic carbocycles. The van der Waals surface area contributed by atoms with E-state index in [-0.39, 0.29) is 0 Å². The number of benzene rings is 3. The lowest BCUT2D eigenvalue weighted by Crippen LogP contribution is -2.07. The standard InChI is InChI=1S/C30H36N2O3/c1-5-22(2)24-13-15-25(16-14-24)35-19-9-8-18-32-27-11-7-6-10-26(27)31-30(32)21-23-12-17-28(33-3)29(20-23)34-4/h6-7,10-17,20,22H,5,8-9,18-19,21H2,1-4H3. The second-order valence-electron chi connectivity index (χ2n) is 8.97. The van der Waals surface area contributed by atoms with Gasteiger partial charge in [-0.05, 0) is 72.7 Å². The van der Waals surface area contributed by atoms with Gasteiger partial charge >= 0.3 is 0 Å². The lowest BCUT2D eigenvalue weighted by atomic mass is 9.99. The highest BCUT2D eigenvalue weighted by atomic mass is 16.5. The Bertz CT molecular complexity index is 1230. The van der Waals surface area contributed by atoms with Crippen molar-refractivity contribution in [2.75, 3.05) is 20.8 Å². The van der Waals surface area contributed by atoms with Crippen molar-refractivity contribution in [3.63, 3.8) is 0 Å². The third-order valence-electron chi connectivity index (χ3n) is 6.65. The largest absolute Gasteiger partial charge is 0.494 e. The van der Waals surface area contributed by atoms with Crippen molar-refractivity contribution in [3.8, 4) is 17.2 Å². The summed E-state index contributed by atoms with van der Waals surface area (Å²) >= 11 is 0. The molecule has 0 radical (unpaired) electrons. The molecule has 1 aromatic heterocycles. The second kappa shape index (κ2) is 11.8. The Morgan fingerprint density at radius 1 is 0.886 bits per heavy atom. The maximum absolute atomic E-state index is 6.00. The first-order valence-corrected chi connectivity index (χ1v) is 12.5. The van der Waals surface area contributed by atoms with E-state index in [0.29, 0.717) is 12.5 Å². The molecule has 4 aromatic rings. The first kappa shape index (κ1) is 24.6. The summed E-state index contributed by atoms with van der Waals surface area (Å²) in [4.78, 5) is 4.94. The van der Waals surface area contributed by atoms with E-state index in [1.54, 1.807) is 14.2 Å². The Morgan fingerprint density at radius 3 is 2.40 bits per heavy atom. The van der Waals surface area contributed by atoms with Crippen LogP contribution in [0.4, 0.5) is 0 Å². The number of aryl methyl sites for hydroxylation is 1. The maximum Gasteiger partial charge on any atom is 0.161 e. The summed E-state index contributed by atoms with van der Waals surface area (Å²) in [5, 5.41) is 0. The van der Waals surface area contributed by atoms with Crippen LogP contribution in [-0.2, 0) is 13.0 Å². The van der Waals surface area contributed by atoms with Crippen LogP contribution in [0.25, 0.3) is 11.0 Å². The van der Waals surface area contributed by atoms with Crippen molar-refractivity contribution in [2.45, 2.75) is 52.0 Å². The molecule has 5 nitrogen and oxygen atoms in total. The second-order valence-corrected chi connectivity index (χ2v) is 8.97. The summed E-state index contributed by atoms with van der Waals surface area (Å²) in [6, 6.07) is 22.9. The predicted octanol–water partition coefficient (Wildman–Crippen LogP) is 7.02. The predicted molar refractivity (Wildman–Crippen MR) is 142 cm³/mol. The Kier molecular flexibility index (Phi) is 8.30. The van der Waals surface area contributed by atoms with Gasteiger partial charge in [0.05, 0.1) is 31.9 Å². The highest BCUT2D eigenvalue weighted by molar-refractivity contribution is 5.76. The smallest absolute Gasteiger partial charge is 0.161 e. The first-order valence-electron chi connectivity index (χ1n) is 12.5. The highest BCUT2D eigenvalue weighted by Crippen LogP contribution is 2.29. The highest BCUT2D eigenvalue weighted by Gasteiger charge is 2.13. The van der Waals surface area contributed by atoms with Crippen molar-refractivity contribution in [1.82, 2.24) is 9.55 Å².